The Labute approximate surface area is 133 Å². The lowest BCUT2D eigenvalue weighted by molar-refractivity contribution is -0.195. The van der Waals surface area contributed by atoms with Gasteiger partial charge in [0.05, 0.1) is 6.33 Å². The van der Waals surface area contributed by atoms with Gasteiger partial charge < -0.3 is 25.3 Å². The molecule has 4 atom stereocenters. The van der Waals surface area contributed by atoms with E-state index in [0.717, 1.165) is 0 Å². The minimum Gasteiger partial charge on any atom is -0.382 e. The SMILES string of the molecule is CNCC1O[C@@H](n2cnc3c(N)ncnc32)[C@@H]2OC(C)(C)O[C@H]12. The first-order chi connectivity index (χ1) is 11.0. The predicted octanol–water partition coefficient (Wildman–Crippen LogP) is 0.0454. The fourth-order valence-electron chi connectivity index (χ4n) is 3.30. The summed E-state index contributed by atoms with van der Waals surface area (Å²) in [7, 11) is 1.88. The zero-order valence-electron chi connectivity index (χ0n) is 13.3. The summed E-state index contributed by atoms with van der Waals surface area (Å²) in [5.74, 6) is -0.299. The number of aromatic nitrogens is 4. The highest BCUT2D eigenvalue weighted by Gasteiger charge is 2.55. The molecule has 0 bridgehead atoms. The van der Waals surface area contributed by atoms with Gasteiger partial charge in [-0.15, -0.1) is 0 Å². The van der Waals surface area contributed by atoms with Crippen LogP contribution in [-0.4, -0.2) is 57.2 Å². The lowest BCUT2D eigenvalue weighted by atomic mass is 10.1. The van der Waals surface area contributed by atoms with Gasteiger partial charge in [-0.1, -0.05) is 0 Å². The molecule has 0 radical (unpaired) electrons. The number of likely N-dealkylation sites (N-methyl/N-ethyl adjacent to an activating group) is 1. The highest BCUT2D eigenvalue weighted by molar-refractivity contribution is 5.81. The molecule has 2 aliphatic heterocycles. The Morgan fingerprint density at radius 2 is 2.04 bits per heavy atom. The zero-order valence-corrected chi connectivity index (χ0v) is 13.3. The van der Waals surface area contributed by atoms with Crippen LogP contribution in [0, 0.1) is 0 Å². The van der Waals surface area contributed by atoms with Crippen molar-refractivity contribution in [1.29, 1.82) is 0 Å². The van der Waals surface area contributed by atoms with Crippen molar-refractivity contribution >= 4 is 17.0 Å². The molecule has 2 fully saturated rings. The van der Waals surface area contributed by atoms with Gasteiger partial charge in [0, 0.05) is 6.54 Å². The first kappa shape index (κ1) is 14.8. The van der Waals surface area contributed by atoms with Crippen molar-refractivity contribution < 1.29 is 14.2 Å². The van der Waals surface area contributed by atoms with Gasteiger partial charge in [0.1, 0.15) is 30.2 Å². The summed E-state index contributed by atoms with van der Waals surface area (Å²) in [6.45, 7) is 4.48. The largest absolute Gasteiger partial charge is 0.382 e. The number of imidazole rings is 1. The molecule has 2 aromatic rings. The number of nitrogens with two attached hydrogens (primary N) is 1. The number of anilines is 1. The second kappa shape index (κ2) is 5.10. The van der Waals surface area contributed by atoms with Crippen LogP contribution in [0.2, 0.25) is 0 Å². The van der Waals surface area contributed by atoms with Crippen molar-refractivity contribution in [2.24, 2.45) is 0 Å². The normalized spacial score (nSPS) is 32.5. The van der Waals surface area contributed by atoms with Crippen molar-refractivity contribution in [3.05, 3.63) is 12.7 Å². The molecule has 4 heterocycles. The quantitative estimate of drug-likeness (QED) is 0.816. The number of hydrogen-bond donors (Lipinski definition) is 2. The Hall–Kier alpha value is -1.81. The van der Waals surface area contributed by atoms with Gasteiger partial charge in [-0.3, -0.25) is 4.57 Å². The van der Waals surface area contributed by atoms with Crippen molar-refractivity contribution in [2.75, 3.05) is 19.3 Å². The smallest absolute Gasteiger partial charge is 0.167 e. The van der Waals surface area contributed by atoms with Crippen LogP contribution < -0.4 is 11.1 Å². The maximum absolute atomic E-state index is 6.16. The van der Waals surface area contributed by atoms with E-state index in [1.54, 1.807) is 6.33 Å². The van der Waals surface area contributed by atoms with Gasteiger partial charge in [-0.05, 0) is 20.9 Å². The molecule has 0 aromatic carbocycles. The predicted molar refractivity (Wildman–Crippen MR) is 81.4 cm³/mol. The summed E-state index contributed by atoms with van der Waals surface area (Å²) in [6.07, 6.45) is 2.20. The fourth-order valence-corrected chi connectivity index (χ4v) is 3.30. The molecule has 0 saturated carbocycles. The van der Waals surface area contributed by atoms with E-state index in [1.807, 2.05) is 25.5 Å². The number of nitrogen functional groups attached to an aromatic ring is 1. The first-order valence-electron chi connectivity index (χ1n) is 7.59. The van der Waals surface area contributed by atoms with Crippen LogP contribution in [0.5, 0.6) is 0 Å². The van der Waals surface area contributed by atoms with Crippen LogP contribution in [0.1, 0.15) is 20.1 Å². The van der Waals surface area contributed by atoms with Crippen LogP contribution in [0.15, 0.2) is 12.7 Å². The summed E-state index contributed by atoms with van der Waals surface area (Å²) < 4.78 is 20.1. The van der Waals surface area contributed by atoms with Gasteiger partial charge in [-0.25, -0.2) is 15.0 Å². The molecule has 2 saturated heterocycles. The molecular formula is C14H20N6O3. The van der Waals surface area contributed by atoms with E-state index in [0.29, 0.717) is 23.5 Å². The molecular weight excluding hydrogens is 300 g/mol. The summed E-state index contributed by atoms with van der Waals surface area (Å²) in [5, 5.41) is 3.13. The molecule has 1 unspecified atom stereocenters. The number of hydrogen-bond acceptors (Lipinski definition) is 8. The number of rotatable bonds is 3. The van der Waals surface area contributed by atoms with E-state index in [2.05, 4.69) is 20.3 Å². The summed E-state index contributed by atoms with van der Waals surface area (Å²) in [6, 6.07) is 0. The summed E-state index contributed by atoms with van der Waals surface area (Å²) in [5.41, 5.74) is 7.04. The van der Waals surface area contributed by atoms with Gasteiger partial charge >= 0.3 is 0 Å². The molecule has 0 aliphatic carbocycles. The van der Waals surface area contributed by atoms with Crippen molar-refractivity contribution in [3.8, 4) is 0 Å². The minimum absolute atomic E-state index is 0.117. The molecule has 2 aromatic heterocycles. The van der Waals surface area contributed by atoms with Crippen LogP contribution in [0.3, 0.4) is 0 Å². The molecule has 0 amide bonds. The Balaban J connectivity index is 1.74. The van der Waals surface area contributed by atoms with Gasteiger partial charge in [0.15, 0.2) is 23.5 Å². The summed E-state index contributed by atoms with van der Waals surface area (Å²) >= 11 is 0. The van der Waals surface area contributed by atoms with E-state index in [9.17, 15) is 0 Å². The van der Waals surface area contributed by atoms with E-state index >= 15 is 0 Å². The van der Waals surface area contributed by atoms with Crippen LogP contribution in [0.25, 0.3) is 11.2 Å². The average Bonchev–Trinajstić information content (AvgIpc) is 3.13. The van der Waals surface area contributed by atoms with Gasteiger partial charge in [-0.2, -0.15) is 0 Å². The van der Waals surface area contributed by atoms with Gasteiger partial charge in [0.25, 0.3) is 0 Å². The van der Waals surface area contributed by atoms with E-state index < -0.39 is 5.79 Å². The highest BCUT2D eigenvalue weighted by Crippen LogP contribution is 2.43. The van der Waals surface area contributed by atoms with Crippen LogP contribution in [-0.2, 0) is 14.2 Å². The monoisotopic (exact) mass is 320 g/mol. The third kappa shape index (κ3) is 2.27. The van der Waals surface area contributed by atoms with Crippen molar-refractivity contribution in [1.82, 2.24) is 24.8 Å². The number of ether oxygens (including phenoxy) is 3. The Morgan fingerprint density at radius 1 is 1.26 bits per heavy atom. The summed E-state index contributed by atoms with van der Waals surface area (Å²) in [4.78, 5) is 12.6. The molecule has 2 aliphatic rings. The molecule has 3 N–H and O–H groups in total. The van der Waals surface area contributed by atoms with E-state index in [-0.39, 0.29) is 24.5 Å². The third-order valence-electron chi connectivity index (χ3n) is 4.19. The number of nitrogens with one attached hydrogen (secondary N) is 1. The van der Waals surface area contributed by atoms with Crippen molar-refractivity contribution in [2.45, 2.75) is 44.2 Å². The molecule has 9 nitrogen and oxygen atoms in total. The fraction of sp³-hybridized carbons (Fsp3) is 0.643. The zero-order chi connectivity index (χ0) is 16.2. The number of fused-ring (bicyclic) bond motifs is 2. The van der Waals surface area contributed by atoms with Crippen LogP contribution in [0.4, 0.5) is 5.82 Å². The second-order valence-electron chi connectivity index (χ2n) is 6.27. The lowest BCUT2D eigenvalue weighted by Gasteiger charge is -2.24. The second-order valence-corrected chi connectivity index (χ2v) is 6.27. The molecule has 0 spiro atoms. The van der Waals surface area contributed by atoms with Crippen molar-refractivity contribution in [3.63, 3.8) is 0 Å². The standard InChI is InChI=1S/C14H20N6O3/c1-14(2)22-9-7(4-16-3)21-13(10(9)23-14)20-6-19-8-11(15)17-5-18-12(8)20/h5-7,9-10,13,16H,4H2,1-3H3,(H2,15,17,18)/t7?,9-,10-,13-/m1/s1. The minimum atomic E-state index is -0.645. The van der Waals surface area contributed by atoms with E-state index in [1.165, 1.54) is 6.33 Å². The maximum atomic E-state index is 6.16. The van der Waals surface area contributed by atoms with E-state index in [4.69, 9.17) is 19.9 Å². The number of nitrogens with zero attached hydrogens (tertiary/aromatic N) is 4. The first-order valence-corrected chi connectivity index (χ1v) is 7.59. The highest BCUT2D eigenvalue weighted by atomic mass is 16.8. The lowest BCUT2D eigenvalue weighted by Crippen LogP contribution is -2.36. The molecule has 4 rings (SSSR count). The topological polar surface area (TPSA) is 109 Å². The Kier molecular flexibility index (Phi) is 3.27. The maximum Gasteiger partial charge on any atom is 0.167 e. The molecule has 124 valence electrons. The molecule has 9 heteroatoms. The average molecular weight is 320 g/mol. The van der Waals surface area contributed by atoms with Gasteiger partial charge in [0.2, 0.25) is 0 Å². The Bertz CT molecular complexity index is 732. The molecule has 23 heavy (non-hydrogen) atoms. The third-order valence-corrected chi connectivity index (χ3v) is 4.19. The Morgan fingerprint density at radius 3 is 2.83 bits per heavy atom. The van der Waals surface area contributed by atoms with Crippen LogP contribution >= 0.6 is 0 Å².